The minimum absolute atomic E-state index is 0.0971. The van der Waals surface area contributed by atoms with Gasteiger partial charge in [0.15, 0.2) is 5.65 Å². The summed E-state index contributed by atoms with van der Waals surface area (Å²) in [6, 6.07) is 5.56. The van der Waals surface area contributed by atoms with Crippen molar-refractivity contribution in [3.05, 3.63) is 34.9 Å². The van der Waals surface area contributed by atoms with Gasteiger partial charge in [0.05, 0.1) is 12.3 Å². The standard InChI is InChI=1S/C16H22N4O2/c21-15-19-9-4-2-6-14(19)17-20(15)12-18-10-8-16(22)7-3-1-5-13(16)11-18/h2,4,6,9,13,22H,1,3,5,7-8,10-12H2. The van der Waals surface area contributed by atoms with Crippen molar-refractivity contribution in [2.45, 2.75) is 44.4 Å². The van der Waals surface area contributed by atoms with Crippen molar-refractivity contribution in [1.29, 1.82) is 0 Å². The zero-order chi connectivity index (χ0) is 15.2. The predicted octanol–water partition coefficient (Wildman–Crippen LogP) is 1.08. The fraction of sp³-hybridized carbons (Fsp3) is 0.625. The Labute approximate surface area is 129 Å². The highest BCUT2D eigenvalue weighted by atomic mass is 16.3. The zero-order valence-electron chi connectivity index (χ0n) is 12.7. The van der Waals surface area contributed by atoms with Gasteiger partial charge in [-0.05, 0) is 31.4 Å². The lowest BCUT2D eigenvalue weighted by molar-refractivity contribution is -0.101. The summed E-state index contributed by atoms with van der Waals surface area (Å²) < 4.78 is 3.10. The second-order valence-electron chi connectivity index (χ2n) is 6.73. The Morgan fingerprint density at radius 2 is 2.23 bits per heavy atom. The highest BCUT2D eigenvalue weighted by Gasteiger charge is 2.42. The van der Waals surface area contributed by atoms with E-state index in [2.05, 4.69) is 10.00 Å². The number of piperidine rings is 1. The van der Waals surface area contributed by atoms with Gasteiger partial charge in [-0.1, -0.05) is 18.9 Å². The van der Waals surface area contributed by atoms with Gasteiger partial charge >= 0.3 is 5.69 Å². The average molecular weight is 302 g/mol. The summed E-state index contributed by atoms with van der Waals surface area (Å²) in [5, 5.41) is 15.1. The van der Waals surface area contributed by atoms with E-state index < -0.39 is 5.60 Å². The van der Waals surface area contributed by atoms with Crippen LogP contribution in [-0.2, 0) is 6.67 Å². The molecule has 4 rings (SSSR count). The van der Waals surface area contributed by atoms with Crippen LogP contribution < -0.4 is 5.69 Å². The first-order valence-corrected chi connectivity index (χ1v) is 8.15. The summed E-state index contributed by atoms with van der Waals surface area (Å²) in [5.74, 6) is 0.336. The molecule has 0 bridgehead atoms. The second-order valence-corrected chi connectivity index (χ2v) is 6.73. The van der Waals surface area contributed by atoms with Crippen LogP contribution in [0.25, 0.3) is 5.65 Å². The molecule has 0 amide bonds. The molecule has 2 aromatic rings. The molecule has 1 aliphatic carbocycles. The molecule has 2 unspecified atom stereocenters. The van der Waals surface area contributed by atoms with Gasteiger partial charge < -0.3 is 5.11 Å². The van der Waals surface area contributed by atoms with Crippen LogP contribution in [0.15, 0.2) is 29.2 Å². The molecular weight excluding hydrogens is 280 g/mol. The molecule has 1 N–H and O–H groups in total. The number of hydrogen-bond acceptors (Lipinski definition) is 4. The van der Waals surface area contributed by atoms with Crippen LogP contribution in [0.2, 0.25) is 0 Å². The Morgan fingerprint density at radius 1 is 1.32 bits per heavy atom. The van der Waals surface area contributed by atoms with Gasteiger partial charge in [0, 0.05) is 25.2 Å². The fourth-order valence-electron chi connectivity index (χ4n) is 4.02. The van der Waals surface area contributed by atoms with Gasteiger partial charge in [-0.2, -0.15) is 4.68 Å². The van der Waals surface area contributed by atoms with Crippen molar-refractivity contribution in [3.63, 3.8) is 0 Å². The van der Waals surface area contributed by atoms with Crippen molar-refractivity contribution < 1.29 is 5.11 Å². The number of aromatic nitrogens is 3. The van der Waals surface area contributed by atoms with Crippen LogP contribution in [-0.4, -0.2) is 42.9 Å². The van der Waals surface area contributed by atoms with Gasteiger partial charge in [-0.15, -0.1) is 5.10 Å². The van der Waals surface area contributed by atoms with E-state index in [-0.39, 0.29) is 5.69 Å². The summed E-state index contributed by atoms with van der Waals surface area (Å²) >= 11 is 0. The Morgan fingerprint density at radius 3 is 3.09 bits per heavy atom. The van der Waals surface area contributed by atoms with Crippen molar-refractivity contribution in [1.82, 2.24) is 19.1 Å². The van der Waals surface area contributed by atoms with Crippen molar-refractivity contribution in [2.75, 3.05) is 13.1 Å². The van der Waals surface area contributed by atoms with Gasteiger partial charge in [-0.25, -0.2) is 4.79 Å². The molecule has 3 heterocycles. The lowest BCUT2D eigenvalue weighted by atomic mass is 9.71. The van der Waals surface area contributed by atoms with Crippen LogP contribution in [0.5, 0.6) is 0 Å². The normalized spacial score (nSPS) is 29.6. The molecular formula is C16H22N4O2. The van der Waals surface area contributed by atoms with E-state index in [1.54, 1.807) is 10.6 Å². The van der Waals surface area contributed by atoms with Crippen molar-refractivity contribution >= 4 is 5.65 Å². The SMILES string of the molecule is O=c1n(CN2CCC3(O)CCCCC3C2)nc2ccccn12. The average Bonchev–Trinajstić information content (AvgIpc) is 2.84. The molecule has 0 spiro atoms. The third-order valence-corrected chi connectivity index (χ3v) is 5.33. The van der Waals surface area contributed by atoms with E-state index in [0.717, 1.165) is 38.8 Å². The maximum absolute atomic E-state index is 12.3. The van der Waals surface area contributed by atoms with Gasteiger partial charge in [0.2, 0.25) is 0 Å². The van der Waals surface area contributed by atoms with Crippen LogP contribution in [0.4, 0.5) is 0 Å². The topological polar surface area (TPSA) is 62.8 Å². The molecule has 2 aromatic heterocycles. The summed E-state index contributed by atoms with van der Waals surface area (Å²) in [5.41, 5.74) is 0.109. The summed E-state index contributed by atoms with van der Waals surface area (Å²) in [6.07, 6.45) is 6.91. The molecule has 22 heavy (non-hydrogen) atoms. The Kier molecular flexibility index (Phi) is 3.31. The Bertz CT molecular complexity index is 737. The molecule has 6 heteroatoms. The van der Waals surface area contributed by atoms with Gasteiger partial charge in [0.25, 0.3) is 0 Å². The maximum Gasteiger partial charge on any atom is 0.351 e. The first-order chi connectivity index (χ1) is 10.7. The molecule has 0 radical (unpaired) electrons. The fourth-order valence-corrected chi connectivity index (χ4v) is 4.02. The molecule has 1 aliphatic heterocycles. The summed E-state index contributed by atoms with van der Waals surface area (Å²) in [4.78, 5) is 14.6. The lowest BCUT2D eigenvalue weighted by Gasteiger charge is -2.47. The van der Waals surface area contributed by atoms with Crippen molar-refractivity contribution in [2.24, 2.45) is 5.92 Å². The number of likely N-dealkylation sites (tertiary alicyclic amines) is 1. The number of fused-ring (bicyclic) bond motifs is 2. The smallest absolute Gasteiger partial charge is 0.351 e. The highest BCUT2D eigenvalue weighted by molar-refractivity contribution is 5.35. The zero-order valence-corrected chi connectivity index (χ0v) is 12.7. The number of hydrogen-bond donors (Lipinski definition) is 1. The maximum atomic E-state index is 12.3. The van der Waals surface area contributed by atoms with E-state index in [1.165, 1.54) is 11.1 Å². The number of pyridine rings is 1. The highest BCUT2D eigenvalue weighted by Crippen LogP contribution is 2.39. The van der Waals surface area contributed by atoms with Gasteiger partial charge in [-0.3, -0.25) is 9.30 Å². The second kappa shape index (κ2) is 5.21. The molecule has 2 atom stereocenters. The molecule has 1 saturated heterocycles. The Balaban J connectivity index is 1.54. The monoisotopic (exact) mass is 302 g/mol. The number of nitrogens with zero attached hydrogens (tertiary/aromatic N) is 4. The third kappa shape index (κ3) is 2.27. The van der Waals surface area contributed by atoms with E-state index >= 15 is 0 Å². The minimum Gasteiger partial charge on any atom is -0.390 e. The molecule has 0 aromatic carbocycles. The van der Waals surface area contributed by atoms with Crippen molar-refractivity contribution in [3.8, 4) is 0 Å². The number of aliphatic hydroxyl groups is 1. The Hall–Kier alpha value is -1.66. The first kappa shape index (κ1) is 14.0. The largest absolute Gasteiger partial charge is 0.390 e. The molecule has 2 aliphatic rings. The van der Waals surface area contributed by atoms with Crippen LogP contribution in [0.1, 0.15) is 32.1 Å². The van der Waals surface area contributed by atoms with E-state index in [9.17, 15) is 9.90 Å². The number of rotatable bonds is 2. The first-order valence-electron chi connectivity index (χ1n) is 8.15. The third-order valence-electron chi connectivity index (χ3n) is 5.33. The molecule has 6 nitrogen and oxygen atoms in total. The van der Waals surface area contributed by atoms with Crippen LogP contribution in [0.3, 0.4) is 0 Å². The predicted molar refractivity (Wildman–Crippen MR) is 82.5 cm³/mol. The molecule has 2 fully saturated rings. The van der Waals surface area contributed by atoms with Crippen LogP contribution in [0, 0.1) is 5.92 Å². The lowest BCUT2D eigenvalue weighted by Crippen LogP contribution is -2.53. The summed E-state index contributed by atoms with van der Waals surface area (Å²) in [6.45, 7) is 2.19. The van der Waals surface area contributed by atoms with E-state index in [4.69, 9.17) is 0 Å². The van der Waals surface area contributed by atoms with Crippen LogP contribution >= 0.6 is 0 Å². The molecule has 1 saturated carbocycles. The summed E-state index contributed by atoms with van der Waals surface area (Å²) in [7, 11) is 0. The van der Waals surface area contributed by atoms with Gasteiger partial charge in [0.1, 0.15) is 0 Å². The molecule has 118 valence electrons. The van der Waals surface area contributed by atoms with E-state index in [1.807, 2.05) is 18.2 Å². The minimum atomic E-state index is -0.474. The quantitative estimate of drug-likeness (QED) is 0.902. The van der Waals surface area contributed by atoms with E-state index in [0.29, 0.717) is 18.2 Å².